The maximum Gasteiger partial charge on any atom is 0.175 e. The molecule has 1 aliphatic rings. The van der Waals surface area contributed by atoms with E-state index in [9.17, 15) is 0 Å². The number of aliphatic hydroxyl groups excluding tert-OH is 1. The van der Waals surface area contributed by atoms with E-state index in [0.29, 0.717) is 19.3 Å². The highest BCUT2D eigenvalue weighted by atomic mass is 79.9. The fourth-order valence-corrected chi connectivity index (χ4v) is 2.67. The number of hydrogen-bond acceptors (Lipinski definition) is 4. The number of halogens is 1. The summed E-state index contributed by atoms with van der Waals surface area (Å²) in [6.45, 7) is 4.22. The van der Waals surface area contributed by atoms with Crippen LogP contribution in [0, 0.1) is 0 Å². The minimum absolute atomic E-state index is 0.203. The normalized spacial score (nSPS) is 14.2. The lowest BCUT2D eigenvalue weighted by atomic mass is 10.2. The topological polar surface area (TPSA) is 50.7 Å². The molecule has 4 nitrogen and oxygen atoms in total. The Kier molecular flexibility index (Phi) is 6.80. The molecule has 21 heavy (non-hydrogen) atoms. The van der Waals surface area contributed by atoms with Crippen molar-refractivity contribution in [3.05, 3.63) is 22.2 Å². The molecule has 0 aliphatic heterocycles. The Morgan fingerprint density at radius 2 is 2.10 bits per heavy atom. The summed E-state index contributed by atoms with van der Waals surface area (Å²) in [6.07, 6.45) is 4.15. The highest BCUT2D eigenvalue weighted by molar-refractivity contribution is 9.10. The SMILES string of the molecule is CCOc1cc(CNC2CC2)cc(Br)c1OCCCCO. The van der Waals surface area contributed by atoms with Gasteiger partial charge in [-0.2, -0.15) is 0 Å². The molecule has 0 saturated heterocycles. The molecule has 2 rings (SSSR count). The summed E-state index contributed by atoms with van der Waals surface area (Å²) in [5.74, 6) is 1.54. The Hall–Kier alpha value is -0.780. The van der Waals surface area contributed by atoms with E-state index in [1.807, 2.05) is 13.0 Å². The van der Waals surface area contributed by atoms with Gasteiger partial charge in [0.2, 0.25) is 0 Å². The van der Waals surface area contributed by atoms with E-state index < -0.39 is 0 Å². The Bertz CT molecular complexity index is 449. The van der Waals surface area contributed by atoms with Crippen molar-refractivity contribution in [3.8, 4) is 11.5 Å². The Morgan fingerprint density at radius 1 is 1.29 bits per heavy atom. The standard InChI is InChI=1S/C16H24BrNO3/c1-2-20-15-10-12(11-18-13-5-6-13)9-14(17)16(15)21-8-4-3-7-19/h9-10,13,18-19H,2-8,11H2,1H3. The smallest absolute Gasteiger partial charge is 0.175 e. The molecule has 0 aromatic heterocycles. The lowest BCUT2D eigenvalue weighted by Crippen LogP contribution is -2.15. The van der Waals surface area contributed by atoms with Crippen LogP contribution >= 0.6 is 15.9 Å². The Morgan fingerprint density at radius 3 is 2.76 bits per heavy atom. The molecule has 118 valence electrons. The van der Waals surface area contributed by atoms with E-state index in [-0.39, 0.29) is 6.61 Å². The summed E-state index contributed by atoms with van der Waals surface area (Å²) in [4.78, 5) is 0. The summed E-state index contributed by atoms with van der Waals surface area (Å²) in [5.41, 5.74) is 1.19. The quantitative estimate of drug-likeness (QED) is 0.631. The second-order valence-electron chi connectivity index (χ2n) is 5.27. The van der Waals surface area contributed by atoms with Gasteiger partial charge in [0, 0.05) is 19.2 Å². The van der Waals surface area contributed by atoms with E-state index in [1.54, 1.807) is 0 Å². The second-order valence-corrected chi connectivity index (χ2v) is 6.13. The maximum atomic E-state index is 8.81. The van der Waals surface area contributed by atoms with Crippen LogP contribution in [0.5, 0.6) is 11.5 Å². The average molecular weight is 358 g/mol. The summed E-state index contributed by atoms with van der Waals surface area (Å²) in [7, 11) is 0. The van der Waals surface area contributed by atoms with Gasteiger partial charge in [-0.3, -0.25) is 0 Å². The van der Waals surface area contributed by atoms with Gasteiger partial charge in [-0.25, -0.2) is 0 Å². The maximum absolute atomic E-state index is 8.81. The predicted octanol–water partition coefficient (Wildman–Crippen LogP) is 3.25. The molecule has 1 fully saturated rings. The minimum atomic E-state index is 0.203. The molecule has 5 heteroatoms. The van der Waals surface area contributed by atoms with Crippen molar-refractivity contribution in [2.75, 3.05) is 19.8 Å². The molecule has 0 atom stereocenters. The van der Waals surface area contributed by atoms with Gasteiger partial charge in [-0.05, 0) is 66.2 Å². The van der Waals surface area contributed by atoms with Gasteiger partial charge in [0.1, 0.15) is 0 Å². The molecule has 1 aromatic carbocycles. The van der Waals surface area contributed by atoms with Gasteiger partial charge in [0.05, 0.1) is 17.7 Å². The van der Waals surface area contributed by atoms with Gasteiger partial charge >= 0.3 is 0 Å². The molecule has 0 radical (unpaired) electrons. The first-order valence-corrected chi connectivity index (χ1v) is 8.46. The first-order valence-electron chi connectivity index (χ1n) is 7.66. The van der Waals surface area contributed by atoms with E-state index in [4.69, 9.17) is 14.6 Å². The van der Waals surface area contributed by atoms with Crippen molar-refractivity contribution >= 4 is 15.9 Å². The molecule has 0 unspecified atom stereocenters. The van der Waals surface area contributed by atoms with Crippen LogP contribution in [0.3, 0.4) is 0 Å². The Labute approximate surface area is 135 Å². The summed E-state index contributed by atoms with van der Waals surface area (Å²) >= 11 is 3.58. The highest BCUT2D eigenvalue weighted by Gasteiger charge is 2.20. The van der Waals surface area contributed by atoms with Gasteiger partial charge in [0.25, 0.3) is 0 Å². The summed E-state index contributed by atoms with van der Waals surface area (Å²) in [5, 5.41) is 12.3. The molecule has 0 spiro atoms. The van der Waals surface area contributed by atoms with Crippen LogP contribution in [0.15, 0.2) is 16.6 Å². The molecule has 1 aliphatic carbocycles. The molecular weight excluding hydrogens is 334 g/mol. The van der Waals surface area contributed by atoms with E-state index in [2.05, 4.69) is 27.3 Å². The van der Waals surface area contributed by atoms with Gasteiger partial charge in [0.15, 0.2) is 11.5 Å². The van der Waals surface area contributed by atoms with Crippen molar-refractivity contribution in [2.45, 2.75) is 45.2 Å². The molecule has 1 aromatic rings. The lowest BCUT2D eigenvalue weighted by molar-refractivity contribution is 0.242. The summed E-state index contributed by atoms with van der Waals surface area (Å²) in [6, 6.07) is 4.82. The van der Waals surface area contributed by atoms with Crippen molar-refractivity contribution in [2.24, 2.45) is 0 Å². The van der Waals surface area contributed by atoms with E-state index >= 15 is 0 Å². The first kappa shape index (κ1) is 16.6. The molecule has 0 amide bonds. The van der Waals surface area contributed by atoms with Crippen molar-refractivity contribution in [1.82, 2.24) is 5.32 Å². The Balaban J connectivity index is 2.02. The number of ether oxygens (including phenoxy) is 2. The van der Waals surface area contributed by atoms with Crippen LogP contribution in [-0.2, 0) is 6.54 Å². The molecule has 0 heterocycles. The second kappa shape index (κ2) is 8.61. The highest BCUT2D eigenvalue weighted by Crippen LogP contribution is 2.37. The number of aliphatic hydroxyl groups is 1. The third-order valence-electron chi connectivity index (χ3n) is 3.34. The predicted molar refractivity (Wildman–Crippen MR) is 87.0 cm³/mol. The summed E-state index contributed by atoms with van der Waals surface area (Å²) < 4.78 is 12.4. The monoisotopic (exact) mass is 357 g/mol. The minimum Gasteiger partial charge on any atom is -0.490 e. The largest absolute Gasteiger partial charge is 0.490 e. The number of nitrogens with one attached hydrogen (secondary N) is 1. The fraction of sp³-hybridized carbons (Fsp3) is 0.625. The van der Waals surface area contributed by atoms with Crippen LogP contribution in [0.2, 0.25) is 0 Å². The molecule has 0 bridgehead atoms. The van der Waals surface area contributed by atoms with Gasteiger partial charge in [-0.15, -0.1) is 0 Å². The number of rotatable bonds is 10. The van der Waals surface area contributed by atoms with Crippen molar-refractivity contribution in [1.29, 1.82) is 0 Å². The van der Waals surface area contributed by atoms with Crippen LogP contribution < -0.4 is 14.8 Å². The molecule has 2 N–H and O–H groups in total. The fourth-order valence-electron chi connectivity index (χ4n) is 2.06. The van der Waals surface area contributed by atoms with E-state index in [0.717, 1.165) is 35.4 Å². The molecule has 1 saturated carbocycles. The van der Waals surface area contributed by atoms with Crippen LogP contribution in [0.4, 0.5) is 0 Å². The lowest BCUT2D eigenvalue weighted by Gasteiger charge is -2.15. The molecular formula is C16H24BrNO3. The zero-order valence-electron chi connectivity index (χ0n) is 12.5. The average Bonchev–Trinajstić information content (AvgIpc) is 3.28. The van der Waals surface area contributed by atoms with Crippen LogP contribution in [0.1, 0.15) is 38.2 Å². The third-order valence-corrected chi connectivity index (χ3v) is 3.93. The van der Waals surface area contributed by atoms with E-state index in [1.165, 1.54) is 18.4 Å². The zero-order chi connectivity index (χ0) is 15.1. The first-order chi connectivity index (χ1) is 10.2. The van der Waals surface area contributed by atoms with Crippen molar-refractivity contribution in [3.63, 3.8) is 0 Å². The number of hydrogen-bond donors (Lipinski definition) is 2. The number of benzene rings is 1. The van der Waals surface area contributed by atoms with Crippen LogP contribution in [0.25, 0.3) is 0 Å². The number of unbranched alkanes of at least 4 members (excludes halogenated alkanes) is 1. The zero-order valence-corrected chi connectivity index (χ0v) is 14.1. The van der Waals surface area contributed by atoms with Crippen molar-refractivity contribution < 1.29 is 14.6 Å². The third kappa shape index (κ3) is 5.49. The van der Waals surface area contributed by atoms with Crippen LogP contribution in [-0.4, -0.2) is 31.0 Å². The van der Waals surface area contributed by atoms with Gasteiger partial charge in [-0.1, -0.05) is 0 Å². The van der Waals surface area contributed by atoms with Gasteiger partial charge < -0.3 is 19.9 Å².